The molecular weight excluding hydrogens is 489 g/mol. The zero-order valence-corrected chi connectivity index (χ0v) is 21.1. The van der Waals surface area contributed by atoms with E-state index in [1.54, 1.807) is 0 Å². The van der Waals surface area contributed by atoms with Crippen LogP contribution in [-0.2, 0) is 25.0 Å². The van der Waals surface area contributed by atoms with Crippen molar-refractivity contribution in [3.63, 3.8) is 0 Å². The summed E-state index contributed by atoms with van der Waals surface area (Å²) in [6.07, 6.45) is 9.86. The molecule has 0 aromatic carbocycles. The van der Waals surface area contributed by atoms with Gasteiger partial charge in [0.25, 0.3) is 0 Å². The van der Waals surface area contributed by atoms with Crippen molar-refractivity contribution >= 4 is 28.2 Å². The van der Waals surface area contributed by atoms with Crippen LogP contribution in [0.1, 0.15) is 77.0 Å². The van der Waals surface area contributed by atoms with Crippen LogP contribution in [0.25, 0.3) is 0 Å². The third-order valence-corrected chi connectivity index (χ3v) is 15.8. The molecule has 0 saturated heterocycles. The number of nitrogens with one attached hydrogen (secondary N) is 2. The molecule has 0 aromatic heterocycles. The van der Waals surface area contributed by atoms with Gasteiger partial charge in [0.05, 0.1) is 0 Å². The van der Waals surface area contributed by atoms with E-state index in [2.05, 4.69) is 9.44 Å². The molecule has 0 unspecified atom stereocenters. The summed E-state index contributed by atoms with van der Waals surface area (Å²) in [4.78, 5) is 19.9. The molecule has 4 N–H and O–H groups in total. The van der Waals surface area contributed by atoms with Gasteiger partial charge in [-0.3, -0.25) is 0 Å². The Morgan fingerprint density at radius 2 is 0.848 bits per heavy atom. The van der Waals surface area contributed by atoms with Gasteiger partial charge in [-0.1, -0.05) is 0 Å². The SMILES string of the molecule is O=P(O)(O)N(S(=O)(=O)NC12CC3CC(CC(C3)C1)C2)S(=O)(=O)NC12CC3CC(CC(C3)C1)C2. The van der Waals surface area contributed by atoms with Crippen LogP contribution in [0.2, 0.25) is 0 Å². The van der Waals surface area contributed by atoms with Crippen molar-refractivity contribution in [1.82, 2.24) is 12.9 Å². The topological polar surface area (TPSA) is 153 Å². The van der Waals surface area contributed by atoms with Crippen LogP contribution in [0.15, 0.2) is 0 Å². The van der Waals surface area contributed by atoms with Crippen molar-refractivity contribution in [2.75, 3.05) is 0 Å². The van der Waals surface area contributed by atoms with E-state index in [-0.39, 0.29) is 0 Å². The molecule has 33 heavy (non-hydrogen) atoms. The zero-order valence-electron chi connectivity index (χ0n) is 18.6. The van der Waals surface area contributed by atoms with Crippen LogP contribution in [0, 0.1) is 35.5 Å². The third-order valence-electron chi connectivity index (χ3n) is 9.39. The average molecular weight is 524 g/mol. The third kappa shape index (κ3) is 4.06. The molecule has 0 aliphatic heterocycles. The van der Waals surface area contributed by atoms with E-state index in [0.29, 0.717) is 74.0 Å². The molecule has 0 atom stereocenters. The molecule has 188 valence electrons. The monoisotopic (exact) mass is 523 g/mol. The fourth-order valence-corrected chi connectivity index (χ4v) is 15.0. The summed E-state index contributed by atoms with van der Waals surface area (Å²) >= 11 is 0. The van der Waals surface area contributed by atoms with Crippen molar-refractivity contribution in [1.29, 1.82) is 0 Å². The Morgan fingerprint density at radius 3 is 1.06 bits per heavy atom. The van der Waals surface area contributed by atoms with Crippen molar-refractivity contribution in [3.05, 3.63) is 0 Å². The van der Waals surface area contributed by atoms with Crippen molar-refractivity contribution < 1.29 is 31.2 Å². The van der Waals surface area contributed by atoms with E-state index < -0.39 is 42.7 Å². The molecule has 8 aliphatic rings. The first kappa shape index (κ1) is 23.3. The van der Waals surface area contributed by atoms with Crippen LogP contribution in [0.4, 0.5) is 0 Å². The van der Waals surface area contributed by atoms with Gasteiger partial charge < -0.3 is 9.79 Å². The lowest BCUT2D eigenvalue weighted by Gasteiger charge is -2.57. The van der Waals surface area contributed by atoms with E-state index in [1.165, 1.54) is 0 Å². The van der Waals surface area contributed by atoms with Gasteiger partial charge in [0.1, 0.15) is 0 Å². The molecule has 8 aliphatic carbocycles. The summed E-state index contributed by atoms with van der Waals surface area (Å²) in [5.74, 6) is 2.27. The maximum absolute atomic E-state index is 13.4. The van der Waals surface area contributed by atoms with Gasteiger partial charge in [0.2, 0.25) is 0 Å². The Balaban J connectivity index is 1.30. The number of nitrogens with zero attached hydrogens (tertiary/aromatic N) is 1. The fourth-order valence-electron chi connectivity index (χ4n) is 9.51. The van der Waals surface area contributed by atoms with Crippen molar-refractivity contribution in [2.24, 2.45) is 35.5 Å². The Labute approximate surface area is 195 Å². The van der Waals surface area contributed by atoms with Gasteiger partial charge in [-0.15, -0.1) is 0 Å². The molecular formula is C20H34N3O7PS2. The van der Waals surface area contributed by atoms with Crippen LogP contribution in [-0.4, -0.2) is 41.2 Å². The summed E-state index contributed by atoms with van der Waals surface area (Å²) in [7, 11) is -15.7. The predicted molar refractivity (Wildman–Crippen MR) is 120 cm³/mol. The van der Waals surface area contributed by atoms with Crippen LogP contribution in [0.5, 0.6) is 0 Å². The summed E-state index contributed by atoms with van der Waals surface area (Å²) in [5.41, 5.74) is -1.64. The largest absolute Gasteiger partial charge is 0.432 e. The van der Waals surface area contributed by atoms with Crippen LogP contribution in [0.3, 0.4) is 0 Å². The summed E-state index contributed by atoms with van der Waals surface area (Å²) < 4.78 is 70.4. The molecule has 0 spiro atoms. The fraction of sp³-hybridized carbons (Fsp3) is 1.00. The molecule has 0 heterocycles. The lowest BCUT2D eigenvalue weighted by Crippen LogP contribution is -2.65. The smallest absolute Gasteiger partial charge is 0.311 e. The lowest BCUT2D eigenvalue weighted by atomic mass is 9.53. The lowest BCUT2D eigenvalue weighted by molar-refractivity contribution is -0.00889. The summed E-state index contributed by atoms with van der Waals surface area (Å²) in [6, 6.07) is 0. The molecule has 0 radical (unpaired) electrons. The first-order valence-corrected chi connectivity index (χ1v) is 16.6. The number of hydrogen-bond donors (Lipinski definition) is 4. The highest BCUT2D eigenvalue weighted by Crippen LogP contribution is 2.58. The second-order valence-corrected chi connectivity index (χ2v) is 17.5. The quantitative estimate of drug-likeness (QED) is 0.372. The Hall–Kier alpha value is -0.0700. The Morgan fingerprint density at radius 1 is 0.606 bits per heavy atom. The highest BCUT2D eigenvalue weighted by molar-refractivity contribution is 8.08. The minimum Gasteiger partial charge on any atom is -0.311 e. The van der Waals surface area contributed by atoms with Gasteiger partial charge in [-0.25, -0.2) is 4.57 Å². The van der Waals surface area contributed by atoms with Crippen molar-refractivity contribution in [3.8, 4) is 0 Å². The molecule has 0 amide bonds. The van der Waals surface area contributed by atoms with Gasteiger partial charge >= 0.3 is 28.2 Å². The number of rotatable bonds is 7. The van der Waals surface area contributed by atoms with Crippen LogP contribution >= 0.6 is 7.75 Å². The van der Waals surface area contributed by atoms with Gasteiger partial charge in [0, 0.05) is 14.6 Å². The Kier molecular flexibility index (Phi) is 5.12. The predicted octanol–water partition coefficient (Wildman–Crippen LogP) is 1.99. The van der Waals surface area contributed by atoms with E-state index >= 15 is 0 Å². The van der Waals surface area contributed by atoms with Crippen LogP contribution < -0.4 is 9.44 Å². The van der Waals surface area contributed by atoms with E-state index in [1.807, 2.05) is 0 Å². The first-order chi connectivity index (χ1) is 15.3. The van der Waals surface area contributed by atoms with E-state index in [9.17, 15) is 31.2 Å². The maximum atomic E-state index is 13.4. The zero-order chi connectivity index (χ0) is 23.4. The molecule has 13 heteroatoms. The second kappa shape index (κ2) is 7.25. The maximum Gasteiger partial charge on any atom is 0.432 e. The second-order valence-electron chi connectivity index (χ2n) is 12.3. The molecule has 8 saturated carbocycles. The minimum absolute atomic E-state index is 0.379. The first-order valence-electron chi connectivity index (χ1n) is 12.2. The van der Waals surface area contributed by atoms with Crippen molar-refractivity contribution in [2.45, 2.75) is 88.1 Å². The van der Waals surface area contributed by atoms with Gasteiger partial charge in [-0.2, -0.15) is 26.3 Å². The Bertz CT molecular complexity index is 956. The molecule has 8 fully saturated rings. The molecule has 10 nitrogen and oxygen atoms in total. The van der Waals surface area contributed by atoms with Gasteiger partial charge in [0.15, 0.2) is 0 Å². The highest BCUT2D eigenvalue weighted by atomic mass is 32.3. The highest BCUT2D eigenvalue weighted by Gasteiger charge is 2.59. The van der Waals surface area contributed by atoms with E-state index in [0.717, 1.165) is 38.5 Å². The van der Waals surface area contributed by atoms with Gasteiger partial charge in [-0.05, 0) is 113 Å². The van der Waals surface area contributed by atoms with E-state index in [4.69, 9.17) is 0 Å². The average Bonchev–Trinajstić information content (AvgIpc) is 2.54. The minimum atomic E-state index is -5.71. The number of hydrogen-bond acceptors (Lipinski definition) is 5. The standard InChI is InChI=1S/C20H34N3O7PS2/c24-31(25,26)23(32(27,28)21-19-7-13-1-14(8-19)3-15(2-13)9-19)33(29,30)22-20-10-16-4-17(11-20)6-18(5-16)12-20/h13-18,21-22H,1-12H2,(H2,24,25,26). The summed E-state index contributed by atoms with van der Waals surface area (Å²) in [5, 5.41) is 0. The molecule has 8 rings (SSSR count). The molecule has 8 bridgehead atoms. The normalized spacial score (nSPS) is 46.4. The summed E-state index contributed by atoms with van der Waals surface area (Å²) in [6.45, 7) is 0. The molecule has 0 aromatic rings.